The summed E-state index contributed by atoms with van der Waals surface area (Å²) in [5, 5.41) is 3.43. The fourth-order valence-electron chi connectivity index (χ4n) is 11.0. The van der Waals surface area contributed by atoms with Gasteiger partial charge in [-0.25, -0.2) is 4.98 Å². The molecule has 0 saturated heterocycles. The van der Waals surface area contributed by atoms with E-state index in [-0.39, 0.29) is 22.7 Å². The standard InChI is InChI=1S/C17H19N.C13H20.C12H14N2.C12H12O2.C11H17N.C10H14O.C10H14.C9H12.C4H8O/c1-4-18-16-8-6-5-7-14(16)15-11-13(12(2)3)9-10-17(15)18;1-10(2)11-6-8-12(9-7-11)13(3,4)5;1-10(2)11-3-5-12(6-4-11)14-8-7-13-9-14;1-8(2)10-7-14-11-6-4-3-5-9(11)12(10)13;1-9(2)10-5-7-11(8-6-10)12(3)4;1-8(2)9-4-6-10(11-3)7-5-9;1-8(2)10-6-4-9(3)5-7-10;1-8(2)9-6-4-3-5-7-9;1-4(2)3-5/h5-12H,4H2,1-3H3;6-10H,1-5H3;3-10H,1-2H3;3-8H,1-2H3;5-9H,1-4H3;4-8H,1-3H3;4-8H,1-3H3;3-8H,1-2H3;3-4H,1-2H3. The molecule has 3 heterocycles. The SMILES string of the molecule is CC(C)C=O.CC(C)c1ccc(-n2ccnc2)cc1.CC(C)c1ccc(C(C)(C)C)cc1.CC(C)c1ccc(N(C)C)cc1.CC(C)c1ccccc1.CC(C)c1coc2ccccc2c1=O.CCn1c2ccccc2c2cc(C(C)C)ccc21.COc1ccc(C(C)C)cc1.Cc1ccc(C(C)C)cc1. The van der Waals surface area contributed by atoms with Gasteiger partial charge in [0.2, 0.25) is 0 Å². The molecule has 0 unspecified atom stereocenters. The van der Waals surface area contributed by atoms with Crippen molar-refractivity contribution in [3.8, 4) is 11.4 Å². The van der Waals surface area contributed by atoms with Gasteiger partial charge in [-0.15, -0.1) is 0 Å². The Morgan fingerprint density at radius 3 is 1.29 bits per heavy atom. The van der Waals surface area contributed by atoms with Gasteiger partial charge in [0.25, 0.3) is 0 Å². The second-order valence-electron chi connectivity index (χ2n) is 31.2. The van der Waals surface area contributed by atoms with E-state index >= 15 is 0 Å². The average molecular weight is 1430 g/mol. The van der Waals surface area contributed by atoms with Crippen molar-refractivity contribution < 1.29 is 13.9 Å². The number of carbonyl (C=O) groups is 1. The minimum Gasteiger partial charge on any atom is -0.497 e. The fraction of sp³-hybridized carbons (Fsp3) is 0.378. The van der Waals surface area contributed by atoms with Crippen LogP contribution in [0.5, 0.6) is 5.75 Å². The third-order valence-corrected chi connectivity index (χ3v) is 18.3. The predicted octanol–water partition coefficient (Wildman–Crippen LogP) is 27.4. The van der Waals surface area contributed by atoms with Crippen LogP contribution < -0.4 is 15.1 Å². The van der Waals surface area contributed by atoms with Crippen molar-refractivity contribution in [1.29, 1.82) is 0 Å². The normalized spacial score (nSPS) is 10.9. The molecule has 0 N–H and O–H groups in total. The maximum absolute atomic E-state index is 11.9. The maximum Gasteiger partial charge on any atom is 0.196 e. The van der Waals surface area contributed by atoms with E-state index in [4.69, 9.17) is 9.15 Å². The summed E-state index contributed by atoms with van der Waals surface area (Å²) in [4.78, 5) is 27.5. The Morgan fingerprint density at radius 2 is 0.877 bits per heavy atom. The van der Waals surface area contributed by atoms with Crippen molar-refractivity contribution in [3.63, 3.8) is 0 Å². The summed E-state index contributed by atoms with van der Waals surface area (Å²) in [7, 11) is 5.80. The zero-order valence-electron chi connectivity index (χ0n) is 69.5. The van der Waals surface area contributed by atoms with Crippen molar-refractivity contribution in [2.75, 3.05) is 26.1 Å². The van der Waals surface area contributed by atoms with Gasteiger partial charge in [-0.1, -0.05) is 303 Å². The van der Waals surface area contributed by atoms with Gasteiger partial charge < -0.3 is 28.0 Å². The van der Waals surface area contributed by atoms with E-state index in [1.807, 2.05) is 75.1 Å². The van der Waals surface area contributed by atoms with Crippen LogP contribution in [0.2, 0.25) is 0 Å². The predicted molar refractivity (Wildman–Crippen MR) is 461 cm³/mol. The lowest BCUT2D eigenvalue weighted by Gasteiger charge is -2.19. The summed E-state index contributed by atoms with van der Waals surface area (Å²) in [5.74, 6) is 5.67. The average Bonchev–Trinajstić information content (AvgIpc) is 1.55. The molecule has 106 heavy (non-hydrogen) atoms. The van der Waals surface area contributed by atoms with Gasteiger partial charge in [-0.3, -0.25) is 4.79 Å². The minimum atomic E-state index is 0.0850. The van der Waals surface area contributed by atoms with Gasteiger partial charge in [0.05, 0.1) is 25.1 Å². The van der Waals surface area contributed by atoms with E-state index in [1.165, 1.54) is 77.6 Å². The number of aromatic nitrogens is 3. The molecule has 3 aromatic heterocycles. The van der Waals surface area contributed by atoms with Crippen LogP contribution >= 0.6 is 0 Å². The Labute approximate surface area is 640 Å². The van der Waals surface area contributed by atoms with Crippen molar-refractivity contribution in [2.24, 2.45) is 5.92 Å². The lowest BCUT2D eigenvalue weighted by atomic mass is 9.86. The van der Waals surface area contributed by atoms with Gasteiger partial charge in [0.15, 0.2) is 5.43 Å². The number of aryl methyl sites for hydroxylation is 2. The highest BCUT2D eigenvalue weighted by molar-refractivity contribution is 6.08. The first kappa shape index (κ1) is 88.9. The van der Waals surface area contributed by atoms with Crippen LogP contribution in [0.15, 0.2) is 253 Å². The van der Waals surface area contributed by atoms with E-state index < -0.39 is 0 Å². The van der Waals surface area contributed by atoms with Crippen LogP contribution in [0.25, 0.3) is 38.5 Å². The lowest BCUT2D eigenvalue weighted by molar-refractivity contribution is -0.110. The van der Waals surface area contributed by atoms with Crippen LogP contribution in [-0.2, 0) is 16.8 Å². The molecule has 8 nitrogen and oxygen atoms in total. The zero-order valence-corrected chi connectivity index (χ0v) is 69.5. The van der Waals surface area contributed by atoms with E-state index in [0.717, 1.165) is 29.8 Å². The Balaban J connectivity index is 0.000000256. The molecule has 566 valence electrons. The Bertz CT molecular complexity index is 4400. The van der Waals surface area contributed by atoms with Gasteiger partial charge in [0.1, 0.15) is 17.6 Å². The van der Waals surface area contributed by atoms with Crippen LogP contribution in [-0.4, -0.2) is 41.6 Å². The number of carbonyl (C=O) groups excluding carboxylic acids is 1. The van der Waals surface area contributed by atoms with E-state index in [2.05, 4.69) is 336 Å². The van der Waals surface area contributed by atoms with Crippen LogP contribution in [0.3, 0.4) is 0 Å². The number of anilines is 1. The highest BCUT2D eigenvalue weighted by Crippen LogP contribution is 2.32. The number of aldehydes is 1. The molecule has 0 saturated carbocycles. The number of benzene rings is 9. The number of para-hydroxylation sites is 2. The molecule has 9 aromatic carbocycles. The van der Waals surface area contributed by atoms with Gasteiger partial charge in [-0.05, 0) is 178 Å². The van der Waals surface area contributed by atoms with Crippen molar-refractivity contribution in [3.05, 3.63) is 309 Å². The fourth-order valence-corrected chi connectivity index (χ4v) is 11.0. The Hall–Kier alpha value is -9.53. The number of methoxy groups -OCH3 is 1. The number of hydrogen-bond donors (Lipinski definition) is 0. The minimum absolute atomic E-state index is 0.0850. The molecule has 8 heteroatoms. The molecular weight excluding hydrogens is 1300 g/mol. The highest BCUT2D eigenvalue weighted by Gasteiger charge is 2.14. The molecule has 12 rings (SSSR count). The molecule has 0 fully saturated rings. The molecule has 0 aliphatic rings. The molecule has 0 aliphatic carbocycles. The van der Waals surface area contributed by atoms with E-state index in [0.29, 0.717) is 52.4 Å². The second-order valence-corrected chi connectivity index (χ2v) is 31.2. The number of hydrogen-bond acceptors (Lipinski definition) is 6. The van der Waals surface area contributed by atoms with E-state index in [1.54, 1.807) is 31.7 Å². The second kappa shape index (κ2) is 45.1. The summed E-state index contributed by atoms with van der Waals surface area (Å²) in [5.41, 5.74) is 19.4. The van der Waals surface area contributed by atoms with Gasteiger partial charge >= 0.3 is 0 Å². The zero-order chi connectivity index (χ0) is 78.8. The number of ether oxygens (including phenoxy) is 1. The molecule has 0 radical (unpaired) electrons. The van der Waals surface area contributed by atoms with Gasteiger partial charge in [-0.2, -0.15) is 0 Å². The van der Waals surface area contributed by atoms with Gasteiger partial charge in [0, 0.05) is 77.7 Å². The van der Waals surface area contributed by atoms with Crippen molar-refractivity contribution in [1.82, 2.24) is 14.1 Å². The summed E-state index contributed by atoms with van der Waals surface area (Å²) < 4.78 is 14.8. The van der Waals surface area contributed by atoms with E-state index in [9.17, 15) is 9.59 Å². The lowest BCUT2D eigenvalue weighted by Crippen LogP contribution is -2.10. The van der Waals surface area contributed by atoms with Crippen molar-refractivity contribution in [2.45, 2.75) is 219 Å². The Kier molecular flexibility index (Phi) is 37.8. The smallest absolute Gasteiger partial charge is 0.196 e. The largest absolute Gasteiger partial charge is 0.497 e. The molecule has 0 bridgehead atoms. The summed E-state index contributed by atoms with van der Waals surface area (Å²) >= 11 is 0. The number of fused-ring (bicyclic) bond motifs is 4. The number of rotatable bonds is 13. The summed E-state index contributed by atoms with van der Waals surface area (Å²) in [6.45, 7) is 50.8. The van der Waals surface area contributed by atoms with Crippen LogP contribution in [0, 0.1) is 12.8 Å². The first-order valence-corrected chi connectivity index (χ1v) is 38.4. The quantitative estimate of drug-likeness (QED) is 0.107. The molecule has 12 aromatic rings. The number of nitrogens with zero attached hydrogens (tertiary/aromatic N) is 4. The summed E-state index contributed by atoms with van der Waals surface area (Å²) in [6, 6.07) is 76.6. The van der Waals surface area contributed by atoms with Crippen molar-refractivity contribution >= 4 is 44.7 Å². The maximum atomic E-state index is 11.9. The first-order valence-electron chi connectivity index (χ1n) is 38.4. The first-order chi connectivity index (χ1) is 50.2. The topological polar surface area (TPSA) is 82.5 Å². The monoisotopic (exact) mass is 1430 g/mol. The molecule has 0 aliphatic heterocycles. The highest BCUT2D eigenvalue weighted by atomic mass is 16.5. The van der Waals surface area contributed by atoms with Crippen LogP contribution in [0.1, 0.15) is 255 Å². The third kappa shape index (κ3) is 29.4. The third-order valence-electron chi connectivity index (χ3n) is 18.3. The molecule has 0 spiro atoms. The van der Waals surface area contributed by atoms with Crippen LogP contribution in [0.4, 0.5) is 5.69 Å². The number of imidazole rings is 1. The Morgan fingerprint density at radius 1 is 0.472 bits per heavy atom. The molecule has 0 atom stereocenters. The summed E-state index contributed by atoms with van der Waals surface area (Å²) in [6.07, 6.45) is 8.03. The molecule has 0 amide bonds. The molecular formula is C98H130N4O4.